The second-order valence-corrected chi connectivity index (χ2v) is 6.18. The van der Waals surface area contributed by atoms with Crippen molar-refractivity contribution >= 4 is 18.5 Å². The Morgan fingerprint density at radius 2 is 1.88 bits per heavy atom. The molecule has 3 atom stereocenters. The lowest BCUT2D eigenvalue weighted by atomic mass is 9.88. The summed E-state index contributed by atoms with van der Waals surface area (Å²) in [7, 11) is 1.92. The number of thiol groups is 1. The Morgan fingerprint density at radius 1 is 1.29 bits per heavy atom. The van der Waals surface area contributed by atoms with Gasteiger partial charge in [0.15, 0.2) is 0 Å². The second-order valence-electron chi connectivity index (χ2n) is 5.40. The van der Waals surface area contributed by atoms with E-state index in [-0.39, 0.29) is 11.2 Å². The van der Waals surface area contributed by atoms with E-state index in [4.69, 9.17) is 0 Å². The summed E-state index contributed by atoms with van der Waals surface area (Å²) in [5.74, 6) is 0.135. The summed E-state index contributed by atoms with van der Waals surface area (Å²) in [5.41, 5.74) is 0. The van der Waals surface area contributed by atoms with Gasteiger partial charge in [0.2, 0.25) is 5.91 Å². The van der Waals surface area contributed by atoms with Crippen molar-refractivity contribution in [3.05, 3.63) is 0 Å². The molecule has 0 aliphatic heterocycles. The van der Waals surface area contributed by atoms with Crippen LogP contribution in [-0.4, -0.2) is 41.2 Å². The molecule has 0 spiro atoms. The first-order valence-electron chi connectivity index (χ1n) is 6.64. The third-order valence-electron chi connectivity index (χ3n) is 3.48. The average Bonchev–Trinajstić information content (AvgIpc) is 2.27. The first-order valence-corrected chi connectivity index (χ1v) is 7.16. The summed E-state index contributed by atoms with van der Waals surface area (Å²) in [5, 5.41) is 3.38. The second kappa shape index (κ2) is 6.64. The number of likely N-dealkylation sites (N-methyl/N-ethyl adjacent to an activating group) is 1. The molecule has 1 N–H and O–H groups in total. The van der Waals surface area contributed by atoms with Gasteiger partial charge in [-0.3, -0.25) is 4.79 Å². The monoisotopic (exact) mass is 258 g/mol. The summed E-state index contributed by atoms with van der Waals surface area (Å²) >= 11 is 4.24. The molecular formula is C13H26N2OS. The van der Waals surface area contributed by atoms with Crippen molar-refractivity contribution in [3.8, 4) is 0 Å². The van der Waals surface area contributed by atoms with Gasteiger partial charge in [0, 0.05) is 25.2 Å². The standard InChI is InChI=1S/C13H26N2OS/c1-9(2)14-11-7-5-6-8-12(11)15(4)13(16)10(3)17/h9-12,14,17H,5-8H2,1-4H3. The van der Waals surface area contributed by atoms with Gasteiger partial charge in [-0.1, -0.05) is 26.7 Å². The Balaban J connectivity index is 2.66. The van der Waals surface area contributed by atoms with Crippen molar-refractivity contribution in [2.75, 3.05) is 7.05 Å². The molecule has 3 unspecified atom stereocenters. The maximum atomic E-state index is 12.0. The molecule has 4 heteroatoms. The number of rotatable bonds is 4. The normalized spacial score (nSPS) is 26.9. The van der Waals surface area contributed by atoms with Gasteiger partial charge in [0.05, 0.1) is 5.25 Å². The van der Waals surface area contributed by atoms with Crippen LogP contribution in [0.15, 0.2) is 0 Å². The molecule has 17 heavy (non-hydrogen) atoms. The zero-order valence-corrected chi connectivity index (χ0v) is 12.3. The maximum Gasteiger partial charge on any atom is 0.235 e. The third-order valence-corrected chi connectivity index (χ3v) is 3.70. The van der Waals surface area contributed by atoms with Crippen molar-refractivity contribution < 1.29 is 4.79 Å². The molecule has 0 aromatic carbocycles. The molecule has 1 amide bonds. The Bertz CT molecular complexity index is 256. The summed E-state index contributed by atoms with van der Waals surface area (Å²) in [6.07, 6.45) is 4.76. The van der Waals surface area contributed by atoms with E-state index < -0.39 is 0 Å². The molecule has 0 radical (unpaired) electrons. The highest BCUT2D eigenvalue weighted by atomic mass is 32.1. The smallest absolute Gasteiger partial charge is 0.235 e. The van der Waals surface area contributed by atoms with E-state index in [1.54, 1.807) is 0 Å². The predicted molar refractivity (Wildman–Crippen MR) is 75.5 cm³/mol. The Hall–Kier alpha value is -0.220. The van der Waals surface area contributed by atoms with Crippen LogP contribution in [0.25, 0.3) is 0 Å². The van der Waals surface area contributed by atoms with Crippen LogP contribution in [0.3, 0.4) is 0 Å². The molecule has 100 valence electrons. The Morgan fingerprint density at radius 3 is 2.41 bits per heavy atom. The molecule has 1 aliphatic rings. The van der Waals surface area contributed by atoms with Crippen molar-refractivity contribution in [2.45, 2.75) is 69.8 Å². The molecule has 1 rings (SSSR count). The molecule has 1 saturated carbocycles. The third kappa shape index (κ3) is 4.18. The minimum atomic E-state index is -0.207. The Kier molecular flexibility index (Phi) is 5.80. The van der Waals surface area contributed by atoms with Crippen LogP contribution in [0.2, 0.25) is 0 Å². The van der Waals surface area contributed by atoms with Crippen LogP contribution in [-0.2, 0) is 4.79 Å². The van der Waals surface area contributed by atoms with Crippen LogP contribution < -0.4 is 5.32 Å². The number of hydrogen-bond acceptors (Lipinski definition) is 3. The lowest BCUT2D eigenvalue weighted by molar-refractivity contribution is -0.132. The molecule has 0 bridgehead atoms. The van der Waals surface area contributed by atoms with E-state index in [1.807, 2.05) is 18.9 Å². The van der Waals surface area contributed by atoms with Gasteiger partial charge < -0.3 is 10.2 Å². The lowest BCUT2D eigenvalue weighted by Gasteiger charge is -2.40. The van der Waals surface area contributed by atoms with Crippen LogP contribution in [0.5, 0.6) is 0 Å². The molecule has 3 nitrogen and oxygen atoms in total. The van der Waals surface area contributed by atoms with Crippen LogP contribution in [0, 0.1) is 0 Å². The van der Waals surface area contributed by atoms with E-state index in [0.717, 1.165) is 6.42 Å². The minimum Gasteiger partial charge on any atom is -0.340 e. The molecule has 0 aromatic rings. The van der Waals surface area contributed by atoms with E-state index in [1.165, 1.54) is 19.3 Å². The number of carbonyl (C=O) groups is 1. The molecule has 1 fully saturated rings. The largest absolute Gasteiger partial charge is 0.340 e. The summed E-state index contributed by atoms with van der Waals surface area (Å²) in [6.45, 7) is 6.17. The minimum absolute atomic E-state index is 0.135. The number of amides is 1. The first kappa shape index (κ1) is 14.8. The summed E-state index contributed by atoms with van der Waals surface area (Å²) < 4.78 is 0. The first-order chi connectivity index (χ1) is 7.93. The van der Waals surface area contributed by atoms with E-state index in [2.05, 4.69) is 31.8 Å². The predicted octanol–water partition coefficient (Wildman–Crippen LogP) is 2.07. The summed E-state index contributed by atoms with van der Waals surface area (Å²) in [6, 6.07) is 1.23. The average molecular weight is 258 g/mol. The topological polar surface area (TPSA) is 32.3 Å². The van der Waals surface area contributed by atoms with Crippen molar-refractivity contribution in [1.29, 1.82) is 0 Å². The Labute approximate surface area is 111 Å². The van der Waals surface area contributed by atoms with Crippen LogP contribution in [0.1, 0.15) is 46.5 Å². The van der Waals surface area contributed by atoms with Gasteiger partial charge in [0.25, 0.3) is 0 Å². The molecule has 0 saturated heterocycles. The lowest BCUT2D eigenvalue weighted by Crippen LogP contribution is -2.54. The quantitative estimate of drug-likeness (QED) is 0.757. The fraction of sp³-hybridized carbons (Fsp3) is 0.923. The van der Waals surface area contributed by atoms with Gasteiger partial charge in [0.1, 0.15) is 0 Å². The number of carbonyl (C=O) groups excluding carboxylic acids is 1. The van der Waals surface area contributed by atoms with Crippen molar-refractivity contribution in [1.82, 2.24) is 10.2 Å². The fourth-order valence-electron chi connectivity index (χ4n) is 2.66. The molecular weight excluding hydrogens is 232 g/mol. The van der Waals surface area contributed by atoms with Gasteiger partial charge >= 0.3 is 0 Å². The SMILES string of the molecule is CC(C)NC1CCCCC1N(C)C(=O)C(C)S. The molecule has 0 heterocycles. The highest BCUT2D eigenvalue weighted by Crippen LogP contribution is 2.23. The van der Waals surface area contributed by atoms with Gasteiger partial charge in [-0.15, -0.1) is 0 Å². The number of nitrogens with one attached hydrogen (secondary N) is 1. The van der Waals surface area contributed by atoms with E-state index >= 15 is 0 Å². The molecule has 1 aliphatic carbocycles. The van der Waals surface area contributed by atoms with Gasteiger partial charge in [-0.05, 0) is 19.8 Å². The van der Waals surface area contributed by atoms with E-state index in [9.17, 15) is 4.79 Å². The maximum absolute atomic E-state index is 12.0. The van der Waals surface area contributed by atoms with Crippen molar-refractivity contribution in [2.24, 2.45) is 0 Å². The number of nitrogens with zero attached hydrogens (tertiary/aromatic N) is 1. The zero-order chi connectivity index (χ0) is 13.0. The zero-order valence-electron chi connectivity index (χ0n) is 11.4. The highest BCUT2D eigenvalue weighted by Gasteiger charge is 2.31. The van der Waals surface area contributed by atoms with Crippen LogP contribution in [0.4, 0.5) is 0 Å². The van der Waals surface area contributed by atoms with Gasteiger partial charge in [-0.25, -0.2) is 0 Å². The fourth-order valence-corrected chi connectivity index (χ4v) is 2.84. The number of hydrogen-bond donors (Lipinski definition) is 2. The summed E-state index contributed by atoms with van der Waals surface area (Å²) in [4.78, 5) is 13.9. The van der Waals surface area contributed by atoms with E-state index in [0.29, 0.717) is 18.1 Å². The van der Waals surface area contributed by atoms with Crippen LogP contribution >= 0.6 is 12.6 Å². The van der Waals surface area contributed by atoms with Gasteiger partial charge in [-0.2, -0.15) is 12.6 Å². The van der Waals surface area contributed by atoms with Crippen molar-refractivity contribution in [3.63, 3.8) is 0 Å². The highest BCUT2D eigenvalue weighted by molar-refractivity contribution is 7.81. The molecule has 0 aromatic heterocycles.